The molecule has 0 aliphatic heterocycles. The molecule has 2 rings (SSSR count). The summed E-state index contributed by atoms with van der Waals surface area (Å²) in [5.74, 6) is 0.338. The van der Waals surface area contributed by atoms with Gasteiger partial charge in [0.25, 0.3) is 5.91 Å². The normalized spacial score (nSPS) is 10.1. The maximum Gasteiger partial charge on any atom is 0.269 e. The highest BCUT2D eigenvalue weighted by atomic mass is 16.7. The van der Waals surface area contributed by atoms with Crippen LogP contribution in [0.3, 0.4) is 0 Å². The average Bonchev–Trinajstić information content (AvgIpc) is 2.52. The summed E-state index contributed by atoms with van der Waals surface area (Å²) in [5.41, 5.74) is 1.72. The summed E-state index contributed by atoms with van der Waals surface area (Å²) in [7, 11) is 3.11. The van der Waals surface area contributed by atoms with Gasteiger partial charge in [-0.1, -0.05) is 0 Å². The number of nitrogens with zero attached hydrogens (tertiary/aromatic N) is 2. The van der Waals surface area contributed by atoms with Gasteiger partial charge >= 0.3 is 0 Å². The van der Waals surface area contributed by atoms with Crippen LogP contribution in [0, 0.1) is 0 Å². The van der Waals surface area contributed by atoms with E-state index < -0.39 is 0 Å². The highest BCUT2D eigenvalue weighted by Crippen LogP contribution is 2.27. The van der Waals surface area contributed by atoms with E-state index in [9.17, 15) is 4.79 Å². The van der Waals surface area contributed by atoms with E-state index in [-0.39, 0.29) is 12.7 Å². The molecule has 0 fully saturated rings. The Bertz CT molecular complexity index is 602. The van der Waals surface area contributed by atoms with E-state index in [2.05, 4.69) is 15.3 Å². The second-order valence-electron chi connectivity index (χ2n) is 3.91. The molecule has 0 atom stereocenters. The Morgan fingerprint density at radius 3 is 2.90 bits per heavy atom. The van der Waals surface area contributed by atoms with Crippen molar-refractivity contribution in [1.29, 1.82) is 0 Å². The van der Waals surface area contributed by atoms with E-state index in [0.717, 1.165) is 5.56 Å². The Balaban J connectivity index is 2.38. The molecule has 1 amide bonds. The van der Waals surface area contributed by atoms with Crippen molar-refractivity contribution in [3.63, 3.8) is 0 Å². The second-order valence-corrected chi connectivity index (χ2v) is 3.91. The molecular weight excluding hydrogens is 258 g/mol. The van der Waals surface area contributed by atoms with Crippen LogP contribution in [-0.4, -0.2) is 36.8 Å². The topological polar surface area (TPSA) is 73.3 Å². The van der Waals surface area contributed by atoms with Gasteiger partial charge in [-0.2, -0.15) is 0 Å². The Morgan fingerprint density at radius 1 is 1.30 bits per heavy atom. The molecule has 6 nitrogen and oxygen atoms in total. The van der Waals surface area contributed by atoms with Gasteiger partial charge in [0.15, 0.2) is 6.79 Å². The highest BCUT2D eigenvalue weighted by molar-refractivity contribution is 5.93. The zero-order valence-electron chi connectivity index (χ0n) is 11.3. The van der Waals surface area contributed by atoms with E-state index in [1.54, 1.807) is 50.8 Å². The van der Waals surface area contributed by atoms with Crippen molar-refractivity contribution in [2.45, 2.75) is 0 Å². The summed E-state index contributed by atoms with van der Waals surface area (Å²) in [6, 6.07) is 7.01. The van der Waals surface area contributed by atoms with Gasteiger partial charge in [0.2, 0.25) is 0 Å². The fourth-order valence-electron chi connectivity index (χ4n) is 1.68. The van der Waals surface area contributed by atoms with Crippen molar-refractivity contribution in [3.05, 3.63) is 42.4 Å². The summed E-state index contributed by atoms with van der Waals surface area (Å²) in [6.45, 7) is 0.131. The van der Waals surface area contributed by atoms with Gasteiger partial charge in [-0.05, 0) is 24.3 Å². The van der Waals surface area contributed by atoms with Gasteiger partial charge in [0.1, 0.15) is 17.1 Å². The number of ether oxygens (including phenoxy) is 2. The number of amides is 1. The minimum atomic E-state index is -0.248. The number of nitrogens with one attached hydrogen (secondary N) is 1. The fraction of sp³-hybridized carbons (Fsp3) is 0.214. The SMILES string of the molecule is CNC(=O)c1cc(-c2ncccc2OCOC)ccn1. The lowest BCUT2D eigenvalue weighted by atomic mass is 10.1. The van der Waals surface area contributed by atoms with Crippen LogP contribution in [0.2, 0.25) is 0 Å². The molecule has 104 valence electrons. The van der Waals surface area contributed by atoms with Crippen LogP contribution in [0.5, 0.6) is 5.75 Å². The number of hydrogen-bond acceptors (Lipinski definition) is 5. The van der Waals surface area contributed by atoms with Gasteiger partial charge in [-0.25, -0.2) is 0 Å². The maximum absolute atomic E-state index is 11.6. The van der Waals surface area contributed by atoms with Crippen molar-refractivity contribution in [2.75, 3.05) is 21.0 Å². The van der Waals surface area contributed by atoms with Crippen LogP contribution in [0.4, 0.5) is 0 Å². The first-order valence-electron chi connectivity index (χ1n) is 6.01. The maximum atomic E-state index is 11.6. The average molecular weight is 273 g/mol. The Kier molecular flexibility index (Phi) is 4.62. The van der Waals surface area contributed by atoms with Gasteiger partial charge in [0, 0.05) is 32.1 Å². The predicted molar refractivity (Wildman–Crippen MR) is 73.4 cm³/mol. The highest BCUT2D eigenvalue weighted by Gasteiger charge is 2.11. The molecule has 6 heteroatoms. The third kappa shape index (κ3) is 3.10. The van der Waals surface area contributed by atoms with Crippen molar-refractivity contribution in [3.8, 4) is 17.0 Å². The molecule has 0 radical (unpaired) electrons. The molecule has 0 aliphatic rings. The summed E-state index contributed by atoms with van der Waals surface area (Å²) < 4.78 is 10.4. The molecule has 2 aromatic heterocycles. The lowest BCUT2D eigenvalue weighted by molar-refractivity contribution is 0.0513. The molecule has 0 aliphatic carbocycles. The molecule has 0 unspecified atom stereocenters. The van der Waals surface area contributed by atoms with E-state index in [1.807, 2.05) is 0 Å². The Morgan fingerprint density at radius 2 is 2.15 bits per heavy atom. The Labute approximate surface area is 116 Å². The summed E-state index contributed by atoms with van der Waals surface area (Å²) in [5, 5.41) is 2.54. The van der Waals surface area contributed by atoms with Gasteiger partial charge in [-0.15, -0.1) is 0 Å². The molecular formula is C14H15N3O3. The van der Waals surface area contributed by atoms with Crippen molar-refractivity contribution >= 4 is 5.91 Å². The van der Waals surface area contributed by atoms with Crippen LogP contribution >= 0.6 is 0 Å². The standard InChI is InChI=1S/C14H15N3O3/c1-15-14(18)11-8-10(5-7-16-11)13-12(20-9-19-2)4-3-6-17-13/h3-8H,9H2,1-2H3,(H,15,18). The molecule has 0 spiro atoms. The zero-order valence-corrected chi connectivity index (χ0v) is 11.3. The van der Waals surface area contributed by atoms with Crippen LogP contribution in [0.15, 0.2) is 36.7 Å². The van der Waals surface area contributed by atoms with Crippen LogP contribution < -0.4 is 10.1 Å². The van der Waals surface area contributed by atoms with E-state index in [1.165, 1.54) is 0 Å². The van der Waals surface area contributed by atoms with Crippen molar-refractivity contribution in [1.82, 2.24) is 15.3 Å². The molecule has 0 aromatic carbocycles. The lowest BCUT2D eigenvalue weighted by Gasteiger charge is -2.10. The van der Waals surface area contributed by atoms with Gasteiger partial charge in [0.05, 0.1) is 0 Å². The fourth-order valence-corrected chi connectivity index (χ4v) is 1.68. The molecule has 20 heavy (non-hydrogen) atoms. The number of aromatic nitrogens is 2. The first-order chi connectivity index (χ1) is 9.76. The quantitative estimate of drug-likeness (QED) is 0.835. The first-order valence-corrected chi connectivity index (χ1v) is 6.01. The zero-order chi connectivity index (χ0) is 14.4. The number of carbonyl (C=O) groups is 1. The van der Waals surface area contributed by atoms with Crippen LogP contribution in [0.1, 0.15) is 10.5 Å². The molecule has 0 saturated carbocycles. The first kappa shape index (κ1) is 14.0. The van der Waals surface area contributed by atoms with Gasteiger partial charge in [-0.3, -0.25) is 14.8 Å². The number of rotatable bonds is 5. The predicted octanol–water partition coefficient (Wildman–Crippen LogP) is 1.49. The van der Waals surface area contributed by atoms with E-state index in [0.29, 0.717) is 17.1 Å². The largest absolute Gasteiger partial charge is 0.465 e. The summed E-state index contributed by atoms with van der Waals surface area (Å²) >= 11 is 0. The van der Waals surface area contributed by atoms with E-state index >= 15 is 0 Å². The molecule has 2 aromatic rings. The van der Waals surface area contributed by atoms with Crippen molar-refractivity contribution < 1.29 is 14.3 Å². The molecule has 1 N–H and O–H groups in total. The number of pyridine rings is 2. The lowest BCUT2D eigenvalue weighted by Crippen LogP contribution is -2.19. The smallest absolute Gasteiger partial charge is 0.269 e. The summed E-state index contributed by atoms with van der Waals surface area (Å²) in [4.78, 5) is 19.9. The number of hydrogen-bond donors (Lipinski definition) is 1. The molecule has 2 heterocycles. The van der Waals surface area contributed by atoms with Crippen LogP contribution in [-0.2, 0) is 4.74 Å². The summed E-state index contributed by atoms with van der Waals surface area (Å²) in [6.07, 6.45) is 3.23. The number of methoxy groups -OCH3 is 1. The molecule has 0 bridgehead atoms. The molecule has 0 saturated heterocycles. The third-order valence-electron chi connectivity index (χ3n) is 2.60. The minimum absolute atomic E-state index is 0.131. The van der Waals surface area contributed by atoms with Crippen LogP contribution in [0.25, 0.3) is 11.3 Å². The Hall–Kier alpha value is -2.47. The van der Waals surface area contributed by atoms with Gasteiger partial charge < -0.3 is 14.8 Å². The van der Waals surface area contributed by atoms with Crippen molar-refractivity contribution in [2.24, 2.45) is 0 Å². The minimum Gasteiger partial charge on any atom is -0.465 e. The second kappa shape index (κ2) is 6.63. The monoisotopic (exact) mass is 273 g/mol. The number of carbonyl (C=O) groups excluding carboxylic acids is 1. The van der Waals surface area contributed by atoms with E-state index in [4.69, 9.17) is 9.47 Å². The third-order valence-corrected chi connectivity index (χ3v) is 2.60.